The molecular weight excluding hydrogens is 1020 g/mol. The van der Waals surface area contributed by atoms with Gasteiger partial charge >= 0.3 is 12.4 Å². The Morgan fingerprint density at radius 3 is 0.875 bits per heavy atom. The Balaban J connectivity index is 1.28. The molecular formula is C67H33F6N7. The zero-order chi connectivity index (χ0) is 55.6. The molecule has 0 spiro atoms. The zero-order valence-electron chi connectivity index (χ0n) is 41.5. The van der Waals surface area contributed by atoms with Gasteiger partial charge in [0.2, 0.25) is 0 Å². The molecule has 0 aliphatic heterocycles. The van der Waals surface area contributed by atoms with Gasteiger partial charge in [-0.25, -0.2) is 0 Å². The highest BCUT2D eigenvalue weighted by Gasteiger charge is 2.37. The molecule has 13 heteroatoms. The van der Waals surface area contributed by atoms with Crippen molar-refractivity contribution in [2.45, 2.75) is 12.4 Å². The van der Waals surface area contributed by atoms with E-state index in [9.17, 15) is 52.7 Å². The summed E-state index contributed by atoms with van der Waals surface area (Å²) in [6.07, 6.45) is -10.4. The van der Waals surface area contributed by atoms with E-state index in [0.717, 1.165) is 10.8 Å². The van der Waals surface area contributed by atoms with E-state index in [1.807, 2.05) is 106 Å². The molecule has 10 aromatic carbocycles. The van der Waals surface area contributed by atoms with E-state index in [1.165, 1.54) is 12.1 Å². The van der Waals surface area contributed by atoms with Gasteiger partial charge in [-0.2, -0.15) is 52.7 Å². The van der Waals surface area contributed by atoms with Crippen LogP contribution in [0.25, 0.3) is 111 Å². The number of alkyl halides is 6. The van der Waals surface area contributed by atoms with E-state index in [1.54, 1.807) is 72.8 Å². The summed E-state index contributed by atoms with van der Waals surface area (Å²) < 4.78 is 92.4. The van der Waals surface area contributed by atoms with Crippen LogP contribution in [0, 0.1) is 56.7 Å². The lowest BCUT2D eigenvalue weighted by Crippen LogP contribution is -2.11. The molecule has 12 rings (SSSR count). The number of fused-ring (bicyclic) bond motifs is 6. The van der Waals surface area contributed by atoms with Crippen molar-refractivity contribution in [1.82, 2.24) is 9.13 Å². The fourth-order valence-corrected chi connectivity index (χ4v) is 10.7. The van der Waals surface area contributed by atoms with E-state index in [0.29, 0.717) is 117 Å². The molecule has 0 saturated carbocycles. The summed E-state index contributed by atoms with van der Waals surface area (Å²) in [4.78, 5) is 0. The van der Waals surface area contributed by atoms with Crippen molar-refractivity contribution in [2.24, 2.45) is 0 Å². The number of benzene rings is 10. The highest BCUT2D eigenvalue weighted by molar-refractivity contribution is 6.14. The molecule has 378 valence electrons. The van der Waals surface area contributed by atoms with Crippen LogP contribution in [0.4, 0.5) is 26.3 Å². The maximum atomic E-state index is 14.8. The molecule has 0 bridgehead atoms. The number of hydrogen-bond acceptors (Lipinski definition) is 5. The number of hydrogen-bond donors (Lipinski definition) is 0. The summed E-state index contributed by atoms with van der Waals surface area (Å²) >= 11 is 0. The molecule has 0 N–H and O–H groups in total. The first-order chi connectivity index (χ1) is 38.6. The standard InChI is InChI=1S/C67H33F6N7/c68-66(69,70)53-25-51(26-54(32-53)67(71,72)73)59-33-65(80-62-29-49(45-11-3-7-41(23-45)36-76)15-19-57(62)58-20-16-50(30-63(58)80)46-12-4-8-42(24-46)37-77)64(31-52(59)38-78)79-60-27-47(43-9-1-5-39(21-43)34-74)13-17-55(60)56-18-14-48(28-61(56)79)44-10-2-6-40(22-44)35-75/h1-33H. The lowest BCUT2D eigenvalue weighted by Gasteiger charge is -2.21. The van der Waals surface area contributed by atoms with Crippen molar-refractivity contribution in [1.29, 1.82) is 26.3 Å². The largest absolute Gasteiger partial charge is 0.416 e. The predicted octanol–water partition coefficient (Wildman–Crippen LogP) is 17.6. The first-order valence-corrected chi connectivity index (χ1v) is 24.7. The third-order valence-corrected chi connectivity index (χ3v) is 14.5. The van der Waals surface area contributed by atoms with Gasteiger partial charge in [-0.3, -0.25) is 0 Å². The van der Waals surface area contributed by atoms with Gasteiger partial charge in [0.25, 0.3) is 0 Å². The van der Waals surface area contributed by atoms with Crippen LogP contribution in [0.15, 0.2) is 200 Å². The van der Waals surface area contributed by atoms with Crippen molar-refractivity contribution in [3.63, 3.8) is 0 Å². The molecule has 0 radical (unpaired) electrons. The zero-order valence-corrected chi connectivity index (χ0v) is 41.5. The van der Waals surface area contributed by atoms with Crippen LogP contribution in [-0.4, -0.2) is 9.13 Å². The summed E-state index contributed by atoms with van der Waals surface area (Å²) in [6, 6.07) is 66.3. The number of rotatable bonds is 7. The Hall–Kier alpha value is -11.2. The fraction of sp³-hybridized carbons (Fsp3) is 0.0299. The molecule has 12 aromatic rings. The van der Waals surface area contributed by atoms with Gasteiger partial charge in [0.05, 0.1) is 103 Å². The number of aromatic nitrogens is 2. The number of nitrogens with zero attached hydrogens (tertiary/aromatic N) is 7. The second-order valence-electron chi connectivity index (χ2n) is 19.2. The second kappa shape index (κ2) is 19.1. The van der Waals surface area contributed by atoms with E-state index >= 15 is 0 Å². The Kier molecular flexibility index (Phi) is 11.9. The molecule has 0 atom stereocenters. The molecule has 2 heterocycles. The van der Waals surface area contributed by atoms with Crippen LogP contribution < -0.4 is 0 Å². The third kappa shape index (κ3) is 8.66. The van der Waals surface area contributed by atoms with Crippen LogP contribution in [0.2, 0.25) is 0 Å². The smallest absolute Gasteiger partial charge is 0.307 e. The average molecular weight is 1050 g/mol. The van der Waals surface area contributed by atoms with Crippen LogP contribution in [0.3, 0.4) is 0 Å². The van der Waals surface area contributed by atoms with Gasteiger partial charge in [-0.15, -0.1) is 0 Å². The molecule has 80 heavy (non-hydrogen) atoms. The quantitative estimate of drug-likeness (QED) is 0.147. The highest BCUT2D eigenvalue weighted by atomic mass is 19.4. The second-order valence-corrected chi connectivity index (χ2v) is 19.2. The van der Waals surface area contributed by atoms with Crippen LogP contribution in [0.5, 0.6) is 0 Å². The Morgan fingerprint density at radius 1 is 0.287 bits per heavy atom. The molecule has 0 aliphatic carbocycles. The van der Waals surface area contributed by atoms with E-state index in [2.05, 4.69) is 30.3 Å². The van der Waals surface area contributed by atoms with Crippen LogP contribution >= 0.6 is 0 Å². The van der Waals surface area contributed by atoms with Gasteiger partial charge < -0.3 is 9.13 Å². The Bertz CT molecular complexity index is 4570. The number of halogens is 6. The molecule has 0 saturated heterocycles. The molecule has 0 fully saturated rings. The Morgan fingerprint density at radius 2 is 0.588 bits per heavy atom. The maximum absolute atomic E-state index is 14.8. The molecule has 0 amide bonds. The summed E-state index contributed by atoms with van der Waals surface area (Å²) in [5, 5.41) is 53.9. The van der Waals surface area contributed by atoms with Crippen molar-refractivity contribution in [2.75, 3.05) is 0 Å². The van der Waals surface area contributed by atoms with Gasteiger partial charge in [-0.05, 0) is 153 Å². The van der Waals surface area contributed by atoms with Crippen molar-refractivity contribution in [3.8, 4) is 97.4 Å². The first kappa shape index (κ1) is 49.7. The highest BCUT2D eigenvalue weighted by Crippen LogP contribution is 2.46. The van der Waals surface area contributed by atoms with E-state index in [-0.39, 0.29) is 22.9 Å². The third-order valence-electron chi connectivity index (χ3n) is 14.5. The molecule has 2 aromatic heterocycles. The summed E-state index contributed by atoms with van der Waals surface area (Å²) in [5.41, 5.74) is 5.85. The van der Waals surface area contributed by atoms with E-state index in [4.69, 9.17) is 0 Å². The average Bonchev–Trinajstić information content (AvgIpc) is 4.00. The van der Waals surface area contributed by atoms with Crippen molar-refractivity contribution < 1.29 is 26.3 Å². The SMILES string of the molecule is N#Cc1cccc(-c2ccc3c4ccc(-c5cccc(C#N)c5)cc4n(-c4cc(C#N)c(-c5cc(C(F)(F)F)cc(C(F)(F)F)c5)cc4-n4c5cc(-c6cccc(C#N)c6)ccc5c5ccc(-c6cccc(C#N)c6)cc54)c3c2)c1. The fourth-order valence-electron chi connectivity index (χ4n) is 10.7. The van der Waals surface area contributed by atoms with Crippen LogP contribution in [-0.2, 0) is 12.4 Å². The minimum Gasteiger partial charge on any atom is -0.307 e. The topological polar surface area (TPSA) is 129 Å². The lowest BCUT2D eigenvalue weighted by atomic mass is 9.94. The van der Waals surface area contributed by atoms with Crippen molar-refractivity contribution in [3.05, 3.63) is 239 Å². The normalized spacial score (nSPS) is 11.6. The Labute approximate surface area is 452 Å². The minimum atomic E-state index is -5.21. The van der Waals surface area contributed by atoms with Gasteiger partial charge in [0.15, 0.2) is 0 Å². The lowest BCUT2D eigenvalue weighted by molar-refractivity contribution is -0.143. The maximum Gasteiger partial charge on any atom is 0.416 e. The molecule has 7 nitrogen and oxygen atoms in total. The van der Waals surface area contributed by atoms with E-state index < -0.39 is 29.0 Å². The summed E-state index contributed by atoms with van der Waals surface area (Å²) in [6.45, 7) is 0. The van der Waals surface area contributed by atoms with Gasteiger partial charge in [-0.1, -0.05) is 97.1 Å². The molecule has 0 aliphatic rings. The monoisotopic (exact) mass is 1050 g/mol. The number of nitriles is 5. The van der Waals surface area contributed by atoms with Gasteiger partial charge in [0, 0.05) is 27.1 Å². The predicted molar refractivity (Wildman–Crippen MR) is 296 cm³/mol. The summed E-state index contributed by atoms with van der Waals surface area (Å²) in [5.74, 6) is 0. The van der Waals surface area contributed by atoms with Gasteiger partial charge in [0.1, 0.15) is 0 Å². The van der Waals surface area contributed by atoms with Crippen LogP contribution in [0.1, 0.15) is 38.9 Å². The molecule has 0 unspecified atom stereocenters. The van der Waals surface area contributed by atoms with Crippen molar-refractivity contribution >= 4 is 43.6 Å². The first-order valence-electron chi connectivity index (χ1n) is 24.7. The minimum absolute atomic E-state index is 0.0509. The summed E-state index contributed by atoms with van der Waals surface area (Å²) in [7, 11) is 0.